The molecule has 0 bridgehead atoms. The zero-order valence-electron chi connectivity index (χ0n) is 10.7. The fourth-order valence-electron chi connectivity index (χ4n) is 2.14. The van der Waals surface area contributed by atoms with Crippen LogP contribution in [0.25, 0.3) is 21.8 Å². The smallest absolute Gasteiger partial charge is 0.177 e. The summed E-state index contributed by atoms with van der Waals surface area (Å²) in [6.45, 7) is 0.566. The van der Waals surface area contributed by atoms with Crippen LogP contribution in [0.3, 0.4) is 0 Å². The van der Waals surface area contributed by atoms with E-state index < -0.39 is 0 Å². The van der Waals surface area contributed by atoms with Gasteiger partial charge in [0.25, 0.3) is 0 Å². The van der Waals surface area contributed by atoms with E-state index in [9.17, 15) is 0 Å². The third kappa shape index (κ3) is 2.32. The second kappa shape index (κ2) is 4.98. The second-order valence-electron chi connectivity index (χ2n) is 4.50. The van der Waals surface area contributed by atoms with Crippen LogP contribution in [-0.4, -0.2) is 19.7 Å². The molecule has 0 spiro atoms. The first-order valence-electron chi connectivity index (χ1n) is 6.27. The number of pyridine rings is 1. The average Bonchev–Trinajstić information content (AvgIpc) is 3.20. The van der Waals surface area contributed by atoms with Gasteiger partial charge in [0.05, 0.1) is 22.1 Å². The molecule has 0 aliphatic heterocycles. The Morgan fingerprint density at radius 1 is 1.24 bits per heavy atom. The van der Waals surface area contributed by atoms with Crippen molar-refractivity contribution in [1.29, 1.82) is 0 Å². The van der Waals surface area contributed by atoms with E-state index in [0.29, 0.717) is 6.54 Å². The quantitative estimate of drug-likeness (QED) is 0.576. The molecular weight excluding hydrogens is 308 g/mol. The number of hydrogen-bond acceptors (Lipinski definition) is 5. The van der Waals surface area contributed by atoms with Crippen LogP contribution in [-0.2, 0) is 6.54 Å². The van der Waals surface area contributed by atoms with E-state index >= 15 is 0 Å². The highest BCUT2D eigenvalue weighted by molar-refractivity contribution is 7.19. The Labute approximate surface area is 128 Å². The molecule has 0 aromatic carbocycles. The van der Waals surface area contributed by atoms with Gasteiger partial charge < -0.3 is 9.09 Å². The van der Waals surface area contributed by atoms with Gasteiger partial charge in [0.1, 0.15) is 11.2 Å². The van der Waals surface area contributed by atoms with Gasteiger partial charge in [-0.25, -0.2) is 9.97 Å². The minimum absolute atomic E-state index is 0.566. The van der Waals surface area contributed by atoms with E-state index in [-0.39, 0.29) is 0 Å². The van der Waals surface area contributed by atoms with Crippen molar-refractivity contribution in [3.8, 4) is 10.6 Å². The van der Waals surface area contributed by atoms with Crippen molar-refractivity contribution in [2.45, 2.75) is 6.54 Å². The minimum Gasteiger partial charge on any atom is -0.355 e. The number of halogens is 1. The van der Waals surface area contributed by atoms with Crippen molar-refractivity contribution in [2.24, 2.45) is 0 Å². The lowest BCUT2D eigenvalue weighted by Gasteiger charge is -1.98. The van der Waals surface area contributed by atoms with E-state index in [1.54, 1.807) is 12.5 Å². The van der Waals surface area contributed by atoms with Crippen LogP contribution >= 0.6 is 22.9 Å². The number of rotatable bonds is 3. The molecule has 0 saturated carbocycles. The summed E-state index contributed by atoms with van der Waals surface area (Å²) in [5.74, 6) is 0.722. The van der Waals surface area contributed by atoms with Crippen molar-refractivity contribution in [3.63, 3.8) is 0 Å². The summed E-state index contributed by atoms with van der Waals surface area (Å²) in [6, 6.07) is 9.48. The van der Waals surface area contributed by atoms with Gasteiger partial charge >= 0.3 is 0 Å². The van der Waals surface area contributed by atoms with Gasteiger partial charge in [0.2, 0.25) is 0 Å². The zero-order valence-corrected chi connectivity index (χ0v) is 12.3. The first-order valence-corrected chi connectivity index (χ1v) is 7.46. The Bertz CT molecular complexity index is 910. The number of nitrogens with zero attached hydrogens (tertiary/aromatic N) is 4. The fraction of sp³-hybridized carbons (Fsp3) is 0.0714. The summed E-state index contributed by atoms with van der Waals surface area (Å²) in [5, 5.41) is 4.10. The van der Waals surface area contributed by atoms with Crippen LogP contribution in [0.5, 0.6) is 0 Å². The molecule has 7 heteroatoms. The highest BCUT2D eigenvalue weighted by atomic mass is 35.5. The lowest BCUT2D eigenvalue weighted by atomic mass is 10.3. The summed E-state index contributed by atoms with van der Waals surface area (Å²) >= 11 is 7.40. The van der Waals surface area contributed by atoms with Crippen LogP contribution in [0.15, 0.2) is 47.4 Å². The van der Waals surface area contributed by atoms with Crippen LogP contribution in [0, 0.1) is 0 Å². The molecule has 4 rings (SSSR count). The maximum Gasteiger partial charge on any atom is 0.177 e. The number of fused-ring (bicyclic) bond motifs is 1. The number of hydrogen-bond donors (Lipinski definition) is 0. The van der Waals surface area contributed by atoms with Gasteiger partial charge in [-0.1, -0.05) is 16.8 Å². The molecule has 0 atom stereocenters. The predicted molar refractivity (Wildman–Crippen MR) is 81.5 cm³/mol. The largest absolute Gasteiger partial charge is 0.355 e. The Morgan fingerprint density at radius 2 is 2.19 bits per heavy atom. The molecule has 104 valence electrons. The van der Waals surface area contributed by atoms with Gasteiger partial charge in [0, 0.05) is 12.3 Å². The molecule has 0 N–H and O–H groups in total. The van der Waals surface area contributed by atoms with Crippen molar-refractivity contribution in [3.05, 3.63) is 52.9 Å². The average molecular weight is 317 g/mol. The molecule has 4 heterocycles. The minimum atomic E-state index is 0.566. The lowest BCUT2D eigenvalue weighted by Crippen LogP contribution is -1.98. The van der Waals surface area contributed by atoms with Crippen molar-refractivity contribution in [1.82, 2.24) is 19.7 Å². The van der Waals surface area contributed by atoms with Gasteiger partial charge in [-0.15, -0.1) is 11.3 Å². The molecule has 0 radical (unpaired) electrons. The Hall–Kier alpha value is -2.18. The highest BCUT2D eigenvalue weighted by Crippen LogP contribution is 2.31. The Balaban J connectivity index is 1.64. The van der Waals surface area contributed by atoms with Crippen molar-refractivity contribution < 1.29 is 4.52 Å². The van der Waals surface area contributed by atoms with E-state index in [0.717, 1.165) is 31.8 Å². The van der Waals surface area contributed by atoms with Crippen molar-refractivity contribution in [2.75, 3.05) is 0 Å². The number of aromatic nitrogens is 4. The van der Waals surface area contributed by atoms with Crippen LogP contribution in [0.4, 0.5) is 0 Å². The molecule has 0 aliphatic rings. The molecule has 0 saturated heterocycles. The van der Waals surface area contributed by atoms with Gasteiger partial charge in [0.15, 0.2) is 11.4 Å². The van der Waals surface area contributed by atoms with E-state index in [2.05, 4.69) is 15.1 Å². The summed E-state index contributed by atoms with van der Waals surface area (Å²) in [4.78, 5) is 9.61. The molecular formula is C14H9ClN4OS. The molecule has 4 aromatic rings. The molecule has 4 aromatic heterocycles. The molecule has 0 amide bonds. The molecule has 5 nitrogen and oxygen atoms in total. The molecule has 21 heavy (non-hydrogen) atoms. The fourth-order valence-corrected chi connectivity index (χ4v) is 3.13. The molecule has 0 unspecified atom stereocenters. The SMILES string of the molecule is Clc1ccc(-c2cc(Cn3cnc4cccnc43)no2)s1. The summed E-state index contributed by atoms with van der Waals surface area (Å²) in [7, 11) is 0. The summed E-state index contributed by atoms with van der Waals surface area (Å²) < 4.78 is 8.04. The standard InChI is InChI=1S/C14H9ClN4OS/c15-13-4-3-12(21-13)11-6-9(18-20-11)7-19-8-17-10-2-1-5-16-14(10)19/h1-6,8H,7H2. The van der Waals surface area contributed by atoms with Gasteiger partial charge in [-0.3, -0.25) is 0 Å². The first kappa shape index (κ1) is 12.6. The van der Waals surface area contributed by atoms with Gasteiger partial charge in [-0.2, -0.15) is 0 Å². The third-order valence-corrected chi connectivity index (χ3v) is 4.33. The predicted octanol–water partition coefficient (Wildman–Crippen LogP) is 3.85. The normalized spacial score (nSPS) is 11.3. The Morgan fingerprint density at radius 3 is 3.05 bits per heavy atom. The van der Waals surface area contributed by atoms with Gasteiger partial charge in [-0.05, 0) is 24.3 Å². The zero-order chi connectivity index (χ0) is 14.2. The summed E-state index contributed by atoms with van der Waals surface area (Å²) in [5.41, 5.74) is 2.52. The lowest BCUT2D eigenvalue weighted by molar-refractivity contribution is 0.422. The maximum atomic E-state index is 5.93. The number of imidazole rings is 1. The van der Waals surface area contributed by atoms with Crippen LogP contribution in [0.2, 0.25) is 4.34 Å². The van der Waals surface area contributed by atoms with Crippen molar-refractivity contribution >= 4 is 34.1 Å². The number of thiophene rings is 1. The first-order chi connectivity index (χ1) is 10.3. The van der Waals surface area contributed by atoms with E-state index in [1.165, 1.54) is 11.3 Å². The summed E-state index contributed by atoms with van der Waals surface area (Å²) in [6.07, 6.45) is 3.51. The second-order valence-corrected chi connectivity index (χ2v) is 6.22. The van der Waals surface area contributed by atoms with E-state index in [1.807, 2.05) is 34.9 Å². The topological polar surface area (TPSA) is 56.7 Å². The maximum absolute atomic E-state index is 5.93. The van der Waals surface area contributed by atoms with Crippen LogP contribution in [0.1, 0.15) is 5.69 Å². The molecule has 0 aliphatic carbocycles. The molecule has 0 fully saturated rings. The third-order valence-electron chi connectivity index (χ3n) is 3.08. The highest BCUT2D eigenvalue weighted by Gasteiger charge is 2.11. The van der Waals surface area contributed by atoms with E-state index in [4.69, 9.17) is 16.1 Å². The van der Waals surface area contributed by atoms with Crippen LogP contribution < -0.4 is 0 Å². The monoisotopic (exact) mass is 316 g/mol. The Kier molecular flexibility index (Phi) is 2.98.